The number of anilines is 1. The zero-order chi connectivity index (χ0) is 24.1. The number of ether oxygens (including phenoxy) is 1. The number of halogens is 3. The van der Waals surface area contributed by atoms with Crippen LogP contribution in [0.2, 0.25) is 0 Å². The van der Waals surface area contributed by atoms with E-state index in [1.807, 2.05) is 46.0 Å². The molecule has 0 bridgehead atoms. The van der Waals surface area contributed by atoms with E-state index < -0.39 is 11.7 Å². The van der Waals surface area contributed by atoms with Gasteiger partial charge in [0.05, 0.1) is 42.8 Å². The SMILES string of the molecule is CN(c1ccc(C#N)c(C(F)(F)F)c1)C1C=C(n2ccnc2)CCC1COCc1ccccc1. The average Bonchev–Trinajstić information content (AvgIpc) is 3.38. The van der Waals surface area contributed by atoms with Crippen molar-refractivity contribution in [3.63, 3.8) is 0 Å². The van der Waals surface area contributed by atoms with Crippen LogP contribution in [0.5, 0.6) is 0 Å². The molecule has 1 aliphatic carbocycles. The van der Waals surface area contributed by atoms with Crippen molar-refractivity contribution in [3.05, 3.63) is 90.0 Å². The Morgan fingerprint density at radius 1 is 1.21 bits per heavy atom. The standard InChI is InChI=1S/C26H25F3N4O/c1-32(22-9-7-20(15-30)24(13-22)26(27,28)29)25-14-23(33-12-11-31-18-33)10-8-21(25)17-34-16-19-5-3-2-4-6-19/h2-7,9,11-14,18,21,25H,8,10,16-17H2,1H3. The predicted octanol–water partition coefficient (Wildman–Crippen LogP) is 5.75. The fraction of sp³-hybridized carbons (Fsp3) is 0.308. The zero-order valence-corrected chi connectivity index (χ0v) is 18.7. The Morgan fingerprint density at radius 3 is 2.68 bits per heavy atom. The van der Waals surface area contributed by atoms with Crippen LogP contribution in [0, 0.1) is 17.2 Å². The van der Waals surface area contributed by atoms with Gasteiger partial charge in [0.15, 0.2) is 0 Å². The number of likely N-dealkylation sites (N-methyl/N-ethyl adjacent to an activating group) is 1. The lowest BCUT2D eigenvalue weighted by Crippen LogP contribution is -2.41. The predicted molar refractivity (Wildman–Crippen MR) is 124 cm³/mol. The van der Waals surface area contributed by atoms with E-state index in [0.29, 0.717) is 18.9 Å². The Morgan fingerprint density at radius 2 is 2.00 bits per heavy atom. The number of nitriles is 1. The second kappa shape index (κ2) is 10.1. The van der Waals surface area contributed by atoms with Gasteiger partial charge in [-0.05, 0) is 42.7 Å². The topological polar surface area (TPSA) is 54.1 Å². The number of hydrogen-bond donors (Lipinski definition) is 0. The monoisotopic (exact) mass is 466 g/mol. The lowest BCUT2D eigenvalue weighted by molar-refractivity contribution is -0.137. The maximum absolute atomic E-state index is 13.6. The zero-order valence-electron chi connectivity index (χ0n) is 18.7. The molecule has 1 heterocycles. The molecule has 5 nitrogen and oxygen atoms in total. The van der Waals surface area contributed by atoms with Gasteiger partial charge < -0.3 is 14.2 Å². The first-order valence-corrected chi connectivity index (χ1v) is 11.0. The molecule has 176 valence electrons. The lowest BCUT2D eigenvalue weighted by Gasteiger charge is -2.38. The summed E-state index contributed by atoms with van der Waals surface area (Å²) in [6, 6.07) is 15.2. The summed E-state index contributed by atoms with van der Waals surface area (Å²) in [5.41, 5.74) is 1.20. The van der Waals surface area contributed by atoms with Crippen molar-refractivity contribution in [2.45, 2.75) is 31.7 Å². The molecular formula is C26H25F3N4O. The second-order valence-electron chi connectivity index (χ2n) is 8.37. The van der Waals surface area contributed by atoms with E-state index in [1.54, 1.807) is 31.7 Å². The van der Waals surface area contributed by atoms with Crippen LogP contribution in [0.15, 0.2) is 73.3 Å². The highest BCUT2D eigenvalue weighted by molar-refractivity contribution is 5.58. The van der Waals surface area contributed by atoms with E-state index in [0.717, 1.165) is 30.2 Å². The number of nitrogens with zero attached hydrogens (tertiary/aromatic N) is 4. The van der Waals surface area contributed by atoms with Gasteiger partial charge in [0.1, 0.15) is 0 Å². The minimum Gasteiger partial charge on any atom is -0.376 e. The summed E-state index contributed by atoms with van der Waals surface area (Å²) in [4.78, 5) is 5.95. The van der Waals surface area contributed by atoms with Crippen molar-refractivity contribution in [3.8, 4) is 6.07 Å². The summed E-state index contributed by atoms with van der Waals surface area (Å²) >= 11 is 0. The molecule has 8 heteroatoms. The van der Waals surface area contributed by atoms with Crippen molar-refractivity contribution >= 4 is 11.4 Å². The molecule has 0 N–H and O–H groups in total. The molecule has 0 saturated heterocycles. The molecule has 1 aliphatic rings. The molecule has 0 fully saturated rings. The highest BCUT2D eigenvalue weighted by atomic mass is 19.4. The number of hydrogen-bond acceptors (Lipinski definition) is 4. The van der Waals surface area contributed by atoms with Crippen LogP contribution in [0.4, 0.5) is 18.9 Å². The normalized spacial score (nSPS) is 18.3. The number of aromatic nitrogens is 2. The van der Waals surface area contributed by atoms with Gasteiger partial charge in [0.2, 0.25) is 0 Å². The quantitative estimate of drug-likeness (QED) is 0.445. The minimum absolute atomic E-state index is 0.0750. The molecule has 2 unspecified atom stereocenters. The summed E-state index contributed by atoms with van der Waals surface area (Å²) < 4.78 is 48.6. The van der Waals surface area contributed by atoms with Crippen LogP contribution < -0.4 is 4.90 Å². The van der Waals surface area contributed by atoms with Crippen molar-refractivity contribution in [2.75, 3.05) is 18.6 Å². The minimum atomic E-state index is -4.61. The Bertz CT molecular complexity index is 1170. The van der Waals surface area contributed by atoms with Gasteiger partial charge >= 0.3 is 6.18 Å². The summed E-state index contributed by atoms with van der Waals surface area (Å²) in [7, 11) is 1.78. The maximum atomic E-state index is 13.6. The van der Waals surface area contributed by atoms with Gasteiger partial charge in [-0.25, -0.2) is 4.98 Å². The molecule has 0 radical (unpaired) electrons. The van der Waals surface area contributed by atoms with Gasteiger partial charge in [0, 0.05) is 36.7 Å². The fourth-order valence-corrected chi connectivity index (χ4v) is 4.33. The molecule has 2 aromatic carbocycles. The highest BCUT2D eigenvalue weighted by Crippen LogP contribution is 2.37. The van der Waals surface area contributed by atoms with Crippen LogP contribution in [-0.2, 0) is 17.5 Å². The first-order valence-electron chi connectivity index (χ1n) is 11.0. The second-order valence-corrected chi connectivity index (χ2v) is 8.37. The van der Waals surface area contributed by atoms with Crippen molar-refractivity contribution in [1.82, 2.24) is 9.55 Å². The molecule has 0 amide bonds. The Hall–Kier alpha value is -3.57. The van der Waals surface area contributed by atoms with E-state index in [2.05, 4.69) is 11.1 Å². The van der Waals surface area contributed by atoms with Crippen LogP contribution in [0.1, 0.15) is 29.5 Å². The smallest absolute Gasteiger partial charge is 0.376 e. The summed E-state index contributed by atoms with van der Waals surface area (Å²) in [5, 5.41) is 9.14. The van der Waals surface area contributed by atoms with E-state index in [1.165, 1.54) is 6.07 Å². The number of imidazole rings is 1. The first-order chi connectivity index (χ1) is 16.4. The van der Waals surface area contributed by atoms with Crippen LogP contribution in [0.25, 0.3) is 5.70 Å². The molecular weight excluding hydrogens is 441 g/mol. The Balaban J connectivity index is 1.60. The van der Waals surface area contributed by atoms with E-state index >= 15 is 0 Å². The highest BCUT2D eigenvalue weighted by Gasteiger charge is 2.35. The number of benzene rings is 2. The maximum Gasteiger partial charge on any atom is 0.417 e. The van der Waals surface area contributed by atoms with Gasteiger partial charge in [-0.2, -0.15) is 18.4 Å². The largest absolute Gasteiger partial charge is 0.417 e. The molecule has 34 heavy (non-hydrogen) atoms. The van der Waals surface area contributed by atoms with Crippen molar-refractivity contribution < 1.29 is 17.9 Å². The molecule has 0 aliphatic heterocycles. The molecule has 4 rings (SSSR count). The first kappa shape index (κ1) is 23.6. The molecule has 0 spiro atoms. The third-order valence-electron chi connectivity index (χ3n) is 6.18. The van der Waals surface area contributed by atoms with Gasteiger partial charge in [0.25, 0.3) is 0 Å². The van der Waals surface area contributed by atoms with Crippen molar-refractivity contribution in [2.24, 2.45) is 5.92 Å². The van der Waals surface area contributed by atoms with E-state index in [4.69, 9.17) is 10.00 Å². The third-order valence-corrected chi connectivity index (χ3v) is 6.18. The number of alkyl halides is 3. The fourth-order valence-electron chi connectivity index (χ4n) is 4.33. The van der Waals surface area contributed by atoms with Gasteiger partial charge in [-0.1, -0.05) is 30.3 Å². The molecule has 3 aromatic rings. The van der Waals surface area contributed by atoms with Crippen LogP contribution in [0.3, 0.4) is 0 Å². The average molecular weight is 467 g/mol. The van der Waals surface area contributed by atoms with Crippen LogP contribution >= 0.6 is 0 Å². The van der Waals surface area contributed by atoms with Gasteiger partial charge in [-0.15, -0.1) is 0 Å². The third kappa shape index (κ3) is 5.32. The molecule has 2 atom stereocenters. The summed E-state index contributed by atoms with van der Waals surface area (Å²) in [6.07, 6.45) is 4.37. The van der Waals surface area contributed by atoms with E-state index in [-0.39, 0.29) is 17.5 Å². The summed E-state index contributed by atoms with van der Waals surface area (Å²) in [6.45, 7) is 0.945. The van der Waals surface area contributed by atoms with Gasteiger partial charge in [-0.3, -0.25) is 0 Å². The van der Waals surface area contributed by atoms with Crippen LogP contribution in [-0.4, -0.2) is 29.2 Å². The number of allylic oxidation sites excluding steroid dienone is 1. The van der Waals surface area contributed by atoms with Crippen molar-refractivity contribution in [1.29, 1.82) is 5.26 Å². The Labute approximate surface area is 196 Å². The molecule has 1 aromatic heterocycles. The Kier molecular flexibility index (Phi) is 7.03. The number of rotatable bonds is 7. The summed E-state index contributed by atoms with van der Waals surface area (Å²) in [5.74, 6) is 0.0750. The lowest BCUT2D eigenvalue weighted by atomic mass is 9.87. The molecule has 0 saturated carbocycles. The van der Waals surface area contributed by atoms with E-state index in [9.17, 15) is 13.2 Å².